The Hall–Kier alpha value is -0.240. The van der Waals surface area contributed by atoms with E-state index in [9.17, 15) is 30.6 Å². The third-order valence-corrected chi connectivity index (χ3v) is 9.26. The van der Waals surface area contributed by atoms with Crippen LogP contribution in [-0.2, 0) is 0 Å². The molecule has 0 heterocycles. The van der Waals surface area contributed by atoms with Gasteiger partial charge in [0.25, 0.3) is 0 Å². The molecule has 1 spiro atoms. The summed E-state index contributed by atoms with van der Waals surface area (Å²) < 4.78 is 0. The van der Waals surface area contributed by atoms with E-state index >= 15 is 0 Å². The predicted octanol–water partition coefficient (Wildman–Crippen LogP) is 0.168. The van der Waals surface area contributed by atoms with Crippen molar-refractivity contribution in [1.82, 2.24) is 0 Å². The molecule has 0 saturated heterocycles. The topological polar surface area (TPSA) is 121 Å². The molecule has 10 atom stereocenters. The number of hydrogen-bond donors (Lipinski definition) is 6. The molecule has 2 bridgehead atoms. The van der Waals surface area contributed by atoms with E-state index in [1.165, 1.54) is 0 Å². The van der Waals surface area contributed by atoms with Gasteiger partial charge in [0, 0.05) is 22.7 Å². The first-order chi connectivity index (χ1) is 11.7. The molecule has 0 aromatic rings. The van der Waals surface area contributed by atoms with Crippen molar-refractivity contribution in [3.8, 4) is 0 Å². The SMILES string of the molecule is CC1(C)[C@@H](O)C[C@H]2[C@](C)(O)[C@@H]3CC[C@@H]4[C@@H](O)[C@@]3(C[C@H](O)[C@@]21O)C[C@@]4(C)O. The molecule has 6 nitrogen and oxygen atoms in total. The normalized spacial score (nSPS) is 63.9. The van der Waals surface area contributed by atoms with Crippen LogP contribution in [0.2, 0.25) is 0 Å². The monoisotopic (exact) mass is 370 g/mol. The van der Waals surface area contributed by atoms with Gasteiger partial charge in [-0.1, -0.05) is 13.8 Å². The van der Waals surface area contributed by atoms with Crippen molar-refractivity contribution in [2.45, 2.75) is 94.9 Å². The van der Waals surface area contributed by atoms with Gasteiger partial charge in [-0.2, -0.15) is 0 Å². The van der Waals surface area contributed by atoms with Crippen LogP contribution in [0, 0.1) is 28.6 Å². The fraction of sp³-hybridized carbons (Fsp3) is 1.00. The first kappa shape index (κ1) is 19.1. The van der Waals surface area contributed by atoms with Crippen LogP contribution >= 0.6 is 0 Å². The molecular weight excluding hydrogens is 336 g/mol. The summed E-state index contributed by atoms with van der Waals surface area (Å²) in [5.74, 6) is -1.34. The average molecular weight is 370 g/mol. The second-order valence-electron chi connectivity index (χ2n) is 10.7. The van der Waals surface area contributed by atoms with Gasteiger partial charge in [-0.3, -0.25) is 0 Å². The maximum Gasteiger partial charge on any atom is 0.104 e. The van der Waals surface area contributed by atoms with Crippen molar-refractivity contribution in [3.63, 3.8) is 0 Å². The molecule has 150 valence electrons. The predicted molar refractivity (Wildman–Crippen MR) is 94.0 cm³/mol. The van der Waals surface area contributed by atoms with Crippen LogP contribution < -0.4 is 0 Å². The maximum absolute atomic E-state index is 11.7. The van der Waals surface area contributed by atoms with Gasteiger partial charge in [0.1, 0.15) is 5.60 Å². The van der Waals surface area contributed by atoms with Crippen LogP contribution in [0.4, 0.5) is 0 Å². The zero-order valence-electron chi connectivity index (χ0n) is 16.2. The Morgan fingerprint density at radius 1 is 0.808 bits per heavy atom. The molecule has 0 aromatic carbocycles. The third-order valence-electron chi connectivity index (χ3n) is 9.26. The Morgan fingerprint density at radius 3 is 2.04 bits per heavy atom. The van der Waals surface area contributed by atoms with Crippen molar-refractivity contribution in [1.29, 1.82) is 0 Å². The quantitative estimate of drug-likeness (QED) is 0.361. The van der Waals surface area contributed by atoms with E-state index in [2.05, 4.69) is 0 Å². The number of aliphatic hydroxyl groups excluding tert-OH is 3. The lowest BCUT2D eigenvalue weighted by atomic mass is 9.57. The highest BCUT2D eigenvalue weighted by Gasteiger charge is 2.76. The highest BCUT2D eigenvalue weighted by Crippen LogP contribution is 2.69. The Bertz CT molecular complexity index is 615. The van der Waals surface area contributed by atoms with Crippen LogP contribution in [0.5, 0.6) is 0 Å². The molecule has 6 heteroatoms. The standard InChI is InChI=1S/C20H34O6/c1-16(2)13(21)7-12-18(4,25)11-6-5-10-15(23)19(11,9-17(10,3)24)8-14(22)20(12,16)26/h10-15,21-26H,5-9H2,1-4H3/t10-,11+,12+,13+,14+,15-,17-,18-,19+,20+/m1/s1. The molecule has 26 heavy (non-hydrogen) atoms. The Kier molecular flexibility index (Phi) is 3.69. The van der Waals surface area contributed by atoms with Gasteiger partial charge in [-0.15, -0.1) is 0 Å². The van der Waals surface area contributed by atoms with Crippen LogP contribution in [0.15, 0.2) is 0 Å². The van der Waals surface area contributed by atoms with Gasteiger partial charge >= 0.3 is 0 Å². The van der Waals surface area contributed by atoms with E-state index in [0.717, 1.165) is 0 Å². The Morgan fingerprint density at radius 2 is 1.42 bits per heavy atom. The first-order valence-electron chi connectivity index (χ1n) is 9.94. The molecule has 4 aliphatic carbocycles. The minimum atomic E-state index is -1.66. The van der Waals surface area contributed by atoms with Gasteiger partial charge in [0.15, 0.2) is 0 Å². The highest BCUT2D eigenvalue weighted by molar-refractivity contribution is 5.25. The first-order valence-corrected chi connectivity index (χ1v) is 9.94. The summed E-state index contributed by atoms with van der Waals surface area (Å²) in [5, 5.41) is 67.1. The number of hydrogen-bond acceptors (Lipinski definition) is 6. The molecule has 0 amide bonds. The summed E-state index contributed by atoms with van der Waals surface area (Å²) in [5.41, 5.74) is -5.91. The van der Waals surface area contributed by atoms with Gasteiger partial charge in [0.2, 0.25) is 0 Å². The van der Waals surface area contributed by atoms with Crippen LogP contribution in [-0.4, -0.2) is 65.8 Å². The molecule has 6 N–H and O–H groups in total. The number of aliphatic hydroxyl groups is 6. The Balaban J connectivity index is 1.89. The fourth-order valence-corrected chi connectivity index (χ4v) is 7.80. The molecule has 0 radical (unpaired) electrons. The van der Waals surface area contributed by atoms with Crippen LogP contribution in [0.25, 0.3) is 0 Å². The zero-order valence-corrected chi connectivity index (χ0v) is 16.2. The largest absolute Gasteiger partial charge is 0.392 e. The summed E-state index contributed by atoms with van der Waals surface area (Å²) in [7, 11) is 0. The van der Waals surface area contributed by atoms with Gasteiger partial charge in [-0.05, 0) is 51.9 Å². The minimum absolute atomic E-state index is 0.116. The molecule has 4 fully saturated rings. The number of fused-ring (bicyclic) bond motifs is 2. The van der Waals surface area contributed by atoms with E-state index in [0.29, 0.717) is 19.3 Å². The second-order valence-corrected chi connectivity index (χ2v) is 10.7. The molecule has 4 aliphatic rings. The van der Waals surface area contributed by atoms with Crippen molar-refractivity contribution in [2.75, 3.05) is 0 Å². The lowest BCUT2D eigenvalue weighted by molar-refractivity contribution is -0.201. The molecule has 0 aromatic heterocycles. The zero-order chi connectivity index (χ0) is 19.5. The van der Waals surface area contributed by atoms with Gasteiger partial charge < -0.3 is 30.6 Å². The summed E-state index contributed by atoms with van der Waals surface area (Å²) in [6, 6.07) is 0. The maximum atomic E-state index is 11.7. The molecule has 0 unspecified atom stereocenters. The summed E-state index contributed by atoms with van der Waals surface area (Å²) in [6.07, 6.45) is -1.01. The highest BCUT2D eigenvalue weighted by atomic mass is 16.4. The summed E-state index contributed by atoms with van der Waals surface area (Å²) >= 11 is 0. The van der Waals surface area contributed by atoms with E-state index < -0.39 is 51.9 Å². The molecule has 4 rings (SSSR count). The molecule has 0 aliphatic heterocycles. The van der Waals surface area contributed by atoms with Gasteiger partial charge in [-0.25, -0.2) is 0 Å². The van der Waals surface area contributed by atoms with E-state index in [-0.39, 0.29) is 24.7 Å². The van der Waals surface area contributed by atoms with Crippen molar-refractivity contribution in [3.05, 3.63) is 0 Å². The van der Waals surface area contributed by atoms with Crippen molar-refractivity contribution in [2.24, 2.45) is 28.6 Å². The second kappa shape index (κ2) is 5.02. The van der Waals surface area contributed by atoms with E-state index in [4.69, 9.17) is 0 Å². The summed E-state index contributed by atoms with van der Waals surface area (Å²) in [4.78, 5) is 0. The molecular formula is C20H34O6. The van der Waals surface area contributed by atoms with Crippen molar-refractivity contribution < 1.29 is 30.6 Å². The van der Waals surface area contributed by atoms with E-state index in [1.807, 2.05) is 0 Å². The van der Waals surface area contributed by atoms with Crippen LogP contribution in [0.3, 0.4) is 0 Å². The number of rotatable bonds is 0. The fourth-order valence-electron chi connectivity index (χ4n) is 7.80. The van der Waals surface area contributed by atoms with Crippen molar-refractivity contribution >= 4 is 0 Å². The van der Waals surface area contributed by atoms with Gasteiger partial charge in [0.05, 0.1) is 29.5 Å². The molecule has 4 saturated carbocycles. The smallest absolute Gasteiger partial charge is 0.104 e. The Labute approximate surface area is 154 Å². The third kappa shape index (κ3) is 1.89. The lowest BCUT2D eigenvalue weighted by Crippen LogP contribution is -2.60. The lowest BCUT2D eigenvalue weighted by Gasteiger charge is -2.51. The van der Waals surface area contributed by atoms with E-state index in [1.54, 1.807) is 27.7 Å². The minimum Gasteiger partial charge on any atom is -0.392 e. The summed E-state index contributed by atoms with van der Waals surface area (Å²) in [6.45, 7) is 6.87. The average Bonchev–Trinajstić information content (AvgIpc) is 2.72. The van der Waals surface area contributed by atoms with Crippen LogP contribution in [0.1, 0.15) is 59.8 Å².